The van der Waals surface area contributed by atoms with Crippen molar-refractivity contribution in [2.24, 2.45) is 5.92 Å². The number of benzene rings is 3. The number of aromatic hydroxyl groups is 1. The number of Topliss-reactive ketones (excluding diaryl/α,β-unsaturated/α-hetero) is 1. The van der Waals surface area contributed by atoms with Crippen LogP contribution < -0.4 is 0 Å². The SMILES string of the molecule is O=C(c1ccccc1)[C@H]1CN(CCc2c[nH]c3ccc(O)cc23)CC[C@]1(O)c1ccccc1. The van der Waals surface area contributed by atoms with Crippen LogP contribution in [0.15, 0.2) is 85.1 Å². The summed E-state index contributed by atoms with van der Waals surface area (Å²) in [7, 11) is 0. The number of phenolic OH excluding ortho intramolecular Hbond substituents is 1. The fourth-order valence-corrected chi connectivity index (χ4v) is 5.03. The van der Waals surface area contributed by atoms with Crippen molar-refractivity contribution in [2.75, 3.05) is 19.6 Å². The molecule has 168 valence electrons. The summed E-state index contributed by atoms with van der Waals surface area (Å²) in [5, 5.41) is 22.7. The topological polar surface area (TPSA) is 76.6 Å². The maximum atomic E-state index is 13.6. The number of carbonyl (C=O) groups is 1. The average Bonchev–Trinajstić information content (AvgIpc) is 3.26. The molecule has 1 aromatic heterocycles. The molecule has 33 heavy (non-hydrogen) atoms. The highest BCUT2D eigenvalue weighted by molar-refractivity contribution is 5.99. The van der Waals surface area contributed by atoms with Gasteiger partial charge in [0, 0.05) is 42.3 Å². The molecule has 5 heteroatoms. The first kappa shape index (κ1) is 21.4. The van der Waals surface area contributed by atoms with Gasteiger partial charge >= 0.3 is 0 Å². The molecule has 5 nitrogen and oxygen atoms in total. The molecular formula is C28H28N2O3. The first-order valence-electron chi connectivity index (χ1n) is 11.4. The first-order valence-corrected chi connectivity index (χ1v) is 11.4. The molecule has 1 aliphatic heterocycles. The van der Waals surface area contributed by atoms with Gasteiger partial charge in [-0.3, -0.25) is 4.79 Å². The molecule has 3 aromatic carbocycles. The second-order valence-electron chi connectivity index (χ2n) is 8.92. The van der Waals surface area contributed by atoms with E-state index >= 15 is 0 Å². The number of likely N-dealkylation sites (tertiary alicyclic amines) is 1. The second-order valence-corrected chi connectivity index (χ2v) is 8.92. The summed E-state index contributed by atoms with van der Waals surface area (Å²) in [5.74, 6) is -0.325. The third-order valence-electron chi connectivity index (χ3n) is 6.92. The van der Waals surface area contributed by atoms with Crippen molar-refractivity contribution in [1.82, 2.24) is 9.88 Å². The normalized spacial score (nSPS) is 21.3. The van der Waals surface area contributed by atoms with E-state index in [9.17, 15) is 15.0 Å². The van der Waals surface area contributed by atoms with Crippen LogP contribution in [-0.4, -0.2) is 45.5 Å². The van der Waals surface area contributed by atoms with E-state index in [1.54, 1.807) is 12.1 Å². The summed E-state index contributed by atoms with van der Waals surface area (Å²) < 4.78 is 0. The summed E-state index contributed by atoms with van der Waals surface area (Å²) in [6, 6.07) is 24.2. The Morgan fingerprint density at radius 3 is 2.52 bits per heavy atom. The van der Waals surface area contributed by atoms with Crippen LogP contribution in [0.2, 0.25) is 0 Å². The van der Waals surface area contributed by atoms with Gasteiger partial charge in [-0.25, -0.2) is 0 Å². The van der Waals surface area contributed by atoms with Crippen molar-refractivity contribution in [3.05, 3.63) is 102 Å². The predicted molar refractivity (Wildman–Crippen MR) is 129 cm³/mol. The number of aliphatic hydroxyl groups is 1. The molecule has 0 unspecified atom stereocenters. The van der Waals surface area contributed by atoms with Crippen LogP contribution in [0.25, 0.3) is 10.9 Å². The number of nitrogens with zero attached hydrogens (tertiary/aromatic N) is 1. The lowest BCUT2D eigenvalue weighted by Crippen LogP contribution is -2.53. The largest absolute Gasteiger partial charge is 0.508 e. The lowest BCUT2D eigenvalue weighted by molar-refractivity contribution is -0.0639. The van der Waals surface area contributed by atoms with Crippen molar-refractivity contribution in [3.63, 3.8) is 0 Å². The van der Waals surface area contributed by atoms with E-state index < -0.39 is 11.5 Å². The summed E-state index contributed by atoms with van der Waals surface area (Å²) in [5.41, 5.74) is 2.36. The lowest BCUT2D eigenvalue weighted by atomic mass is 9.72. The number of piperidine rings is 1. The Kier molecular flexibility index (Phi) is 5.75. The lowest BCUT2D eigenvalue weighted by Gasteiger charge is -2.44. The van der Waals surface area contributed by atoms with Gasteiger partial charge in [0.15, 0.2) is 5.78 Å². The number of fused-ring (bicyclic) bond motifs is 1. The Labute approximate surface area is 193 Å². The highest BCUT2D eigenvalue weighted by atomic mass is 16.3. The van der Waals surface area contributed by atoms with Gasteiger partial charge in [0.2, 0.25) is 0 Å². The van der Waals surface area contributed by atoms with E-state index in [0.717, 1.165) is 35.0 Å². The Morgan fingerprint density at radius 2 is 1.76 bits per heavy atom. The summed E-state index contributed by atoms with van der Waals surface area (Å²) >= 11 is 0. The zero-order valence-electron chi connectivity index (χ0n) is 18.4. The number of H-pyrrole nitrogens is 1. The van der Waals surface area contributed by atoms with Crippen LogP contribution in [0.5, 0.6) is 5.75 Å². The minimum Gasteiger partial charge on any atom is -0.508 e. The highest BCUT2D eigenvalue weighted by Gasteiger charge is 2.46. The van der Waals surface area contributed by atoms with E-state index in [2.05, 4.69) is 9.88 Å². The molecule has 1 fully saturated rings. The van der Waals surface area contributed by atoms with E-state index in [1.807, 2.05) is 72.9 Å². The molecule has 2 atom stereocenters. The van der Waals surface area contributed by atoms with Crippen LogP contribution in [0.1, 0.15) is 27.9 Å². The smallest absolute Gasteiger partial charge is 0.170 e. The van der Waals surface area contributed by atoms with Gasteiger partial charge in [0.1, 0.15) is 11.4 Å². The number of phenols is 1. The zero-order valence-corrected chi connectivity index (χ0v) is 18.4. The molecule has 1 aliphatic rings. The Bertz CT molecular complexity index is 1250. The van der Waals surface area contributed by atoms with Crippen molar-refractivity contribution in [2.45, 2.75) is 18.4 Å². The Hall–Kier alpha value is -3.41. The average molecular weight is 441 g/mol. The Balaban J connectivity index is 1.39. The predicted octanol–water partition coefficient (Wildman–Crippen LogP) is 4.51. The highest BCUT2D eigenvalue weighted by Crippen LogP contribution is 2.39. The third-order valence-corrected chi connectivity index (χ3v) is 6.92. The van der Waals surface area contributed by atoms with Crippen LogP contribution >= 0.6 is 0 Å². The molecule has 1 saturated heterocycles. The monoisotopic (exact) mass is 440 g/mol. The maximum Gasteiger partial charge on any atom is 0.170 e. The molecule has 2 heterocycles. The quantitative estimate of drug-likeness (QED) is 0.386. The molecule has 0 bridgehead atoms. The molecule has 3 N–H and O–H groups in total. The minimum atomic E-state index is -1.20. The van der Waals surface area contributed by atoms with Crippen LogP contribution in [0.4, 0.5) is 0 Å². The van der Waals surface area contributed by atoms with Gasteiger partial charge in [0.05, 0.1) is 5.92 Å². The van der Waals surface area contributed by atoms with Gasteiger partial charge in [-0.2, -0.15) is 0 Å². The number of nitrogens with one attached hydrogen (secondary N) is 1. The summed E-state index contributed by atoms with van der Waals surface area (Å²) in [6.45, 7) is 1.97. The number of carbonyl (C=O) groups excluding carboxylic acids is 1. The fourth-order valence-electron chi connectivity index (χ4n) is 5.03. The van der Waals surface area contributed by atoms with E-state index in [1.165, 1.54) is 0 Å². The molecule has 0 radical (unpaired) electrons. The molecule has 0 aliphatic carbocycles. The molecule has 0 spiro atoms. The number of ketones is 1. The summed E-state index contributed by atoms with van der Waals surface area (Å²) in [4.78, 5) is 19.1. The third kappa shape index (κ3) is 4.17. The standard InChI is InChI=1S/C28H28N2O3/c31-23-11-12-26-24(17-23)21(18-29-26)13-15-30-16-14-28(33,22-9-5-2-6-10-22)25(19-30)27(32)20-7-3-1-4-8-20/h1-12,17-18,25,29,31,33H,13-16,19H2/t25-,28+/m1/s1. The zero-order chi connectivity index (χ0) is 22.8. The molecule has 0 saturated carbocycles. The molecular weight excluding hydrogens is 412 g/mol. The molecule has 0 amide bonds. The maximum absolute atomic E-state index is 13.6. The van der Waals surface area contributed by atoms with Crippen molar-refractivity contribution in [1.29, 1.82) is 0 Å². The van der Waals surface area contributed by atoms with Crippen LogP contribution in [-0.2, 0) is 12.0 Å². The summed E-state index contributed by atoms with van der Waals surface area (Å²) in [6.07, 6.45) is 3.27. The number of rotatable bonds is 6. The van der Waals surface area contributed by atoms with E-state index in [4.69, 9.17) is 0 Å². The van der Waals surface area contributed by atoms with E-state index in [-0.39, 0.29) is 11.5 Å². The van der Waals surface area contributed by atoms with Crippen molar-refractivity contribution < 1.29 is 15.0 Å². The van der Waals surface area contributed by atoms with Crippen molar-refractivity contribution in [3.8, 4) is 5.75 Å². The second kappa shape index (κ2) is 8.85. The van der Waals surface area contributed by atoms with Crippen LogP contribution in [0, 0.1) is 5.92 Å². The van der Waals surface area contributed by atoms with Gasteiger partial charge in [-0.05, 0) is 42.2 Å². The van der Waals surface area contributed by atoms with E-state index in [0.29, 0.717) is 25.1 Å². The number of hydrogen-bond acceptors (Lipinski definition) is 4. The van der Waals surface area contributed by atoms with Gasteiger partial charge in [-0.1, -0.05) is 60.7 Å². The Morgan fingerprint density at radius 1 is 1.03 bits per heavy atom. The fraction of sp³-hybridized carbons (Fsp3) is 0.250. The van der Waals surface area contributed by atoms with Gasteiger partial charge < -0.3 is 20.1 Å². The molecule has 4 aromatic rings. The number of hydrogen-bond donors (Lipinski definition) is 3. The minimum absolute atomic E-state index is 0.0244. The number of aromatic nitrogens is 1. The van der Waals surface area contributed by atoms with Crippen LogP contribution in [0.3, 0.4) is 0 Å². The number of aromatic amines is 1. The van der Waals surface area contributed by atoms with Gasteiger partial charge in [-0.15, -0.1) is 0 Å². The molecule has 5 rings (SSSR count). The van der Waals surface area contributed by atoms with Crippen molar-refractivity contribution >= 4 is 16.7 Å². The first-order chi connectivity index (χ1) is 16.0. The van der Waals surface area contributed by atoms with Gasteiger partial charge in [0.25, 0.3) is 0 Å².